The van der Waals surface area contributed by atoms with Crippen molar-refractivity contribution in [3.05, 3.63) is 36.2 Å². The first kappa shape index (κ1) is 10.4. The van der Waals surface area contributed by atoms with E-state index in [0.717, 1.165) is 16.6 Å². The van der Waals surface area contributed by atoms with Crippen molar-refractivity contribution in [2.24, 2.45) is 0 Å². The van der Waals surface area contributed by atoms with Gasteiger partial charge < -0.3 is 9.72 Å². The maximum absolute atomic E-state index is 10.9. The molecule has 0 amide bonds. The lowest BCUT2D eigenvalue weighted by molar-refractivity contribution is -0.139. The highest BCUT2D eigenvalue weighted by molar-refractivity contribution is 5.78. The van der Waals surface area contributed by atoms with Crippen molar-refractivity contribution in [1.82, 2.24) is 9.97 Å². The molecule has 16 heavy (non-hydrogen) atoms. The Balaban J connectivity index is 2.11. The number of nitrogens with one attached hydrogen (secondary N) is 1. The fraction of sp³-hybridized carbons (Fsp3) is 0.167. The summed E-state index contributed by atoms with van der Waals surface area (Å²) in [5.41, 5.74) is 2.95. The van der Waals surface area contributed by atoms with Crippen LogP contribution in [0.3, 0.4) is 0 Å². The molecule has 0 saturated carbocycles. The number of carbonyl (C=O) groups excluding carboxylic acids is 1. The zero-order valence-corrected chi connectivity index (χ0v) is 8.93. The fourth-order valence-electron chi connectivity index (χ4n) is 1.43. The van der Waals surface area contributed by atoms with Gasteiger partial charge >= 0.3 is 5.97 Å². The van der Waals surface area contributed by atoms with Crippen LogP contribution in [0, 0.1) is 0 Å². The molecule has 82 valence electrons. The van der Waals surface area contributed by atoms with Gasteiger partial charge in [0.2, 0.25) is 0 Å². The molecule has 0 aliphatic rings. The van der Waals surface area contributed by atoms with E-state index in [1.54, 1.807) is 12.4 Å². The monoisotopic (exact) mass is 216 g/mol. The van der Waals surface area contributed by atoms with Crippen molar-refractivity contribution >= 4 is 23.1 Å². The molecular formula is C12H12N2O2. The molecule has 0 bridgehead atoms. The van der Waals surface area contributed by atoms with E-state index in [9.17, 15) is 4.79 Å². The van der Waals surface area contributed by atoms with Crippen LogP contribution in [-0.4, -0.2) is 23.0 Å². The minimum absolute atomic E-state index is 0.237. The van der Waals surface area contributed by atoms with Crippen LogP contribution in [0.5, 0.6) is 0 Å². The second-order valence-electron chi connectivity index (χ2n) is 3.36. The summed E-state index contributed by atoms with van der Waals surface area (Å²) in [7, 11) is 1.38. The van der Waals surface area contributed by atoms with E-state index >= 15 is 0 Å². The highest BCUT2D eigenvalue weighted by Gasteiger charge is 1.97. The van der Waals surface area contributed by atoms with Gasteiger partial charge in [0.05, 0.1) is 30.9 Å². The van der Waals surface area contributed by atoms with E-state index in [1.165, 1.54) is 7.11 Å². The molecule has 1 aromatic heterocycles. The largest absolute Gasteiger partial charge is 0.469 e. The predicted molar refractivity (Wildman–Crippen MR) is 61.8 cm³/mol. The number of fused-ring (bicyclic) bond motifs is 1. The van der Waals surface area contributed by atoms with Crippen molar-refractivity contribution < 1.29 is 9.53 Å². The Hall–Kier alpha value is -2.10. The molecular weight excluding hydrogens is 204 g/mol. The molecule has 2 rings (SSSR count). The number of esters is 1. The molecule has 2 aromatic rings. The third-order valence-corrected chi connectivity index (χ3v) is 2.27. The van der Waals surface area contributed by atoms with Crippen LogP contribution in [0.25, 0.3) is 17.1 Å². The van der Waals surface area contributed by atoms with Gasteiger partial charge in [0.1, 0.15) is 0 Å². The van der Waals surface area contributed by atoms with E-state index < -0.39 is 0 Å². The average molecular weight is 216 g/mol. The number of methoxy groups -OCH3 is 1. The standard InChI is InChI=1S/C12H12N2O2/c1-16-12(15)4-2-3-9-5-6-10-11(7-9)14-8-13-10/h2-3,5-8H,4H2,1H3,(H,13,14). The van der Waals surface area contributed by atoms with Crippen LogP contribution < -0.4 is 0 Å². The van der Waals surface area contributed by atoms with Crippen molar-refractivity contribution in [1.29, 1.82) is 0 Å². The predicted octanol–water partition coefficient (Wildman–Crippen LogP) is 2.14. The molecule has 1 aromatic carbocycles. The summed E-state index contributed by atoms with van der Waals surface area (Å²) >= 11 is 0. The van der Waals surface area contributed by atoms with Crippen LogP contribution >= 0.6 is 0 Å². The number of nitrogens with zero attached hydrogens (tertiary/aromatic N) is 1. The van der Waals surface area contributed by atoms with Gasteiger partial charge in [0.15, 0.2) is 0 Å². The number of rotatable bonds is 3. The van der Waals surface area contributed by atoms with Gasteiger partial charge in [-0.25, -0.2) is 4.98 Å². The lowest BCUT2D eigenvalue weighted by atomic mass is 10.2. The molecule has 0 unspecified atom stereocenters. The summed E-state index contributed by atoms with van der Waals surface area (Å²) in [5, 5.41) is 0. The average Bonchev–Trinajstić information content (AvgIpc) is 2.76. The Morgan fingerprint density at radius 3 is 3.25 bits per heavy atom. The first-order chi connectivity index (χ1) is 7.79. The fourth-order valence-corrected chi connectivity index (χ4v) is 1.43. The van der Waals surface area contributed by atoms with Crippen LogP contribution in [0.2, 0.25) is 0 Å². The number of H-pyrrole nitrogens is 1. The first-order valence-electron chi connectivity index (χ1n) is 4.96. The molecule has 0 aliphatic carbocycles. The molecule has 4 nitrogen and oxygen atoms in total. The van der Waals surface area contributed by atoms with E-state index in [0.29, 0.717) is 0 Å². The van der Waals surface area contributed by atoms with Gasteiger partial charge in [-0.1, -0.05) is 18.2 Å². The van der Waals surface area contributed by atoms with Gasteiger partial charge in [0.25, 0.3) is 0 Å². The molecule has 0 fully saturated rings. The highest BCUT2D eigenvalue weighted by Crippen LogP contribution is 2.12. The molecule has 0 aliphatic heterocycles. The van der Waals surface area contributed by atoms with Crippen molar-refractivity contribution in [3.8, 4) is 0 Å². The molecule has 1 heterocycles. The smallest absolute Gasteiger partial charge is 0.309 e. The summed E-state index contributed by atoms with van der Waals surface area (Å²) in [4.78, 5) is 18.0. The Kier molecular flexibility index (Phi) is 3.00. The number of carbonyl (C=O) groups is 1. The van der Waals surface area contributed by atoms with E-state index in [2.05, 4.69) is 14.7 Å². The minimum Gasteiger partial charge on any atom is -0.469 e. The third kappa shape index (κ3) is 2.28. The summed E-state index contributed by atoms with van der Waals surface area (Å²) in [6.07, 6.45) is 5.62. The van der Waals surface area contributed by atoms with Gasteiger partial charge in [-0.05, 0) is 17.7 Å². The molecule has 0 radical (unpaired) electrons. The summed E-state index contributed by atoms with van der Waals surface area (Å²) in [6.45, 7) is 0. The second kappa shape index (κ2) is 4.61. The molecule has 0 saturated heterocycles. The maximum atomic E-state index is 10.9. The summed E-state index contributed by atoms with van der Waals surface area (Å²) < 4.78 is 4.54. The van der Waals surface area contributed by atoms with Gasteiger partial charge in [-0.2, -0.15) is 0 Å². The van der Waals surface area contributed by atoms with E-state index in [-0.39, 0.29) is 12.4 Å². The lowest BCUT2D eigenvalue weighted by Gasteiger charge is -1.94. The van der Waals surface area contributed by atoms with Crippen LogP contribution in [-0.2, 0) is 9.53 Å². The maximum Gasteiger partial charge on any atom is 0.309 e. The number of aromatic amines is 1. The Morgan fingerprint density at radius 1 is 1.56 bits per heavy atom. The van der Waals surface area contributed by atoms with Gasteiger partial charge in [0, 0.05) is 0 Å². The molecule has 4 heteroatoms. The van der Waals surface area contributed by atoms with Crippen LogP contribution in [0.1, 0.15) is 12.0 Å². The Bertz CT molecular complexity index is 529. The summed E-state index contributed by atoms with van der Waals surface area (Å²) in [6, 6.07) is 5.87. The third-order valence-electron chi connectivity index (χ3n) is 2.27. The zero-order valence-electron chi connectivity index (χ0n) is 8.93. The van der Waals surface area contributed by atoms with Crippen molar-refractivity contribution in [2.45, 2.75) is 6.42 Å². The van der Waals surface area contributed by atoms with Crippen LogP contribution in [0.4, 0.5) is 0 Å². The molecule has 0 spiro atoms. The number of ether oxygens (including phenoxy) is 1. The molecule has 1 N–H and O–H groups in total. The molecule has 0 atom stereocenters. The number of aromatic nitrogens is 2. The van der Waals surface area contributed by atoms with E-state index in [1.807, 2.05) is 24.3 Å². The number of hydrogen-bond donors (Lipinski definition) is 1. The quantitative estimate of drug-likeness (QED) is 0.800. The lowest BCUT2D eigenvalue weighted by Crippen LogP contribution is -1.96. The Labute approximate surface area is 93.0 Å². The summed E-state index contributed by atoms with van der Waals surface area (Å²) in [5.74, 6) is -0.237. The van der Waals surface area contributed by atoms with Gasteiger partial charge in [-0.3, -0.25) is 4.79 Å². The van der Waals surface area contributed by atoms with E-state index in [4.69, 9.17) is 0 Å². The number of hydrogen-bond acceptors (Lipinski definition) is 3. The van der Waals surface area contributed by atoms with Gasteiger partial charge in [-0.15, -0.1) is 0 Å². The minimum atomic E-state index is -0.237. The number of benzene rings is 1. The zero-order chi connectivity index (χ0) is 11.4. The highest BCUT2D eigenvalue weighted by atomic mass is 16.5. The van der Waals surface area contributed by atoms with Crippen molar-refractivity contribution in [3.63, 3.8) is 0 Å². The topological polar surface area (TPSA) is 55.0 Å². The Morgan fingerprint density at radius 2 is 2.44 bits per heavy atom. The second-order valence-corrected chi connectivity index (χ2v) is 3.36. The number of imidazole rings is 1. The normalized spacial score (nSPS) is 11.1. The first-order valence-corrected chi connectivity index (χ1v) is 4.96. The van der Waals surface area contributed by atoms with Crippen molar-refractivity contribution in [2.75, 3.05) is 7.11 Å². The SMILES string of the molecule is COC(=O)CC=Cc1ccc2nc[nH]c2c1. The van der Waals surface area contributed by atoms with Crippen LogP contribution in [0.15, 0.2) is 30.6 Å².